The van der Waals surface area contributed by atoms with Crippen molar-refractivity contribution >= 4 is 21.8 Å². The molecule has 3 atom stereocenters. The van der Waals surface area contributed by atoms with Gasteiger partial charge in [0.15, 0.2) is 0 Å². The smallest absolute Gasteiger partial charge is 0.271 e. The molecule has 66 valence electrons. The standard InChI is InChI=1S/C7H6BrF2NO/c8-4-2-1-3(6(9)10)5(4)11-7(2)12/h2,4-5H,1H2,(H,11,12). The average molecular weight is 238 g/mol. The third-order valence-electron chi connectivity index (χ3n) is 2.40. The van der Waals surface area contributed by atoms with E-state index in [-0.39, 0.29) is 28.6 Å². The minimum Gasteiger partial charge on any atom is -0.348 e. The number of alkyl halides is 1. The van der Waals surface area contributed by atoms with Crippen LogP contribution in [0.25, 0.3) is 0 Å². The number of fused-ring (bicyclic) bond motifs is 2. The normalized spacial score (nSPS) is 38.8. The van der Waals surface area contributed by atoms with Gasteiger partial charge in [-0.25, -0.2) is 0 Å². The van der Waals surface area contributed by atoms with Gasteiger partial charge >= 0.3 is 0 Å². The maximum atomic E-state index is 12.2. The Hall–Kier alpha value is -0.450. The fourth-order valence-corrected chi connectivity index (χ4v) is 2.64. The number of halogens is 3. The average Bonchev–Trinajstić information content (AvgIpc) is 2.42. The van der Waals surface area contributed by atoms with Gasteiger partial charge in [0.1, 0.15) is 0 Å². The monoisotopic (exact) mass is 237 g/mol. The molecule has 12 heavy (non-hydrogen) atoms. The van der Waals surface area contributed by atoms with Crippen LogP contribution in [0.4, 0.5) is 8.78 Å². The van der Waals surface area contributed by atoms with E-state index < -0.39 is 12.1 Å². The molecule has 2 aliphatic rings. The molecule has 1 N–H and O–H groups in total. The lowest BCUT2D eigenvalue weighted by molar-refractivity contribution is -0.123. The van der Waals surface area contributed by atoms with Gasteiger partial charge in [0.2, 0.25) is 5.91 Å². The molecule has 0 spiro atoms. The molecule has 5 heteroatoms. The van der Waals surface area contributed by atoms with E-state index in [0.717, 1.165) is 0 Å². The molecule has 0 aromatic rings. The molecule has 0 aromatic heterocycles. The van der Waals surface area contributed by atoms with Gasteiger partial charge in [-0.2, -0.15) is 8.78 Å². The molecule has 1 aliphatic carbocycles. The zero-order valence-electron chi connectivity index (χ0n) is 5.98. The van der Waals surface area contributed by atoms with Crippen molar-refractivity contribution in [3.05, 3.63) is 11.7 Å². The summed E-state index contributed by atoms with van der Waals surface area (Å²) in [5.41, 5.74) is 0.0847. The van der Waals surface area contributed by atoms with E-state index in [4.69, 9.17) is 0 Å². The van der Waals surface area contributed by atoms with Crippen molar-refractivity contribution in [2.24, 2.45) is 5.92 Å². The Morgan fingerprint density at radius 2 is 2.25 bits per heavy atom. The minimum atomic E-state index is -1.65. The second-order valence-electron chi connectivity index (χ2n) is 3.03. The van der Waals surface area contributed by atoms with Gasteiger partial charge in [0.05, 0.1) is 16.8 Å². The largest absolute Gasteiger partial charge is 0.348 e. The zero-order chi connectivity index (χ0) is 8.88. The molecule has 1 saturated carbocycles. The summed E-state index contributed by atoms with van der Waals surface area (Å²) in [4.78, 5) is 10.9. The van der Waals surface area contributed by atoms with Crippen molar-refractivity contribution in [1.29, 1.82) is 0 Å². The highest BCUT2D eigenvalue weighted by Crippen LogP contribution is 2.42. The van der Waals surface area contributed by atoms with Crippen LogP contribution in [0.3, 0.4) is 0 Å². The molecule has 2 fully saturated rings. The first-order valence-corrected chi connectivity index (χ1v) is 4.51. The predicted molar refractivity (Wildman–Crippen MR) is 42.0 cm³/mol. The Morgan fingerprint density at radius 3 is 2.58 bits per heavy atom. The summed E-state index contributed by atoms with van der Waals surface area (Å²) in [7, 11) is 0. The van der Waals surface area contributed by atoms with Gasteiger partial charge in [-0.1, -0.05) is 15.9 Å². The van der Waals surface area contributed by atoms with Gasteiger partial charge in [0, 0.05) is 5.57 Å². The number of nitrogens with one attached hydrogen (secondary N) is 1. The van der Waals surface area contributed by atoms with Crippen LogP contribution in [-0.4, -0.2) is 16.8 Å². The Labute approximate surface area is 76.1 Å². The summed E-state index contributed by atoms with van der Waals surface area (Å²) in [6, 6.07) is -0.479. The van der Waals surface area contributed by atoms with E-state index in [0.29, 0.717) is 0 Å². The van der Waals surface area contributed by atoms with E-state index >= 15 is 0 Å². The maximum Gasteiger partial charge on any atom is 0.271 e. The molecule has 2 rings (SSSR count). The first kappa shape index (κ1) is 8.16. The van der Waals surface area contributed by atoms with Gasteiger partial charge < -0.3 is 5.32 Å². The molecule has 0 aromatic carbocycles. The Kier molecular flexibility index (Phi) is 1.71. The van der Waals surface area contributed by atoms with E-state index in [1.54, 1.807) is 0 Å². The van der Waals surface area contributed by atoms with Crippen molar-refractivity contribution in [3.63, 3.8) is 0 Å². The molecule has 1 saturated heterocycles. The lowest BCUT2D eigenvalue weighted by atomic mass is 10.1. The van der Waals surface area contributed by atoms with Crippen LogP contribution < -0.4 is 5.32 Å². The fraction of sp³-hybridized carbons (Fsp3) is 0.571. The molecule has 2 bridgehead atoms. The van der Waals surface area contributed by atoms with Crippen molar-refractivity contribution in [2.45, 2.75) is 17.3 Å². The second-order valence-corrected chi connectivity index (χ2v) is 4.08. The summed E-state index contributed by atoms with van der Waals surface area (Å²) in [6.45, 7) is 0. The van der Waals surface area contributed by atoms with Crippen LogP contribution in [0.15, 0.2) is 11.7 Å². The van der Waals surface area contributed by atoms with Crippen molar-refractivity contribution in [1.82, 2.24) is 5.32 Å². The van der Waals surface area contributed by atoms with Crippen LogP contribution >= 0.6 is 15.9 Å². The SMILES string of the molecule is O=C1NC2C(=C(F)F)CC1C2Br. The summed E-state index contributed by atoms with van der Waals surface area (Å²) in [6.07, 6.45) is -1.44. The highest BCUT2D eigenvalue weighted by atomic mass is 79.9. The van der Waals surface area contributed by atoms with Crippen molar-refractivity contribution in [3.8, 4) is 0 Å². The van der Waals surface area contributed by atoms with Crippen LogP contribution in [0, 0.1) is 5.92 Å². The molecule has 1 heterocycles. The van der Waals surface area contributed by atoms with E-state index in [2.05, 4.69) is 21.2 Å². The number of rotatable bonds is 0. The highest BCUT2D eigenvalue weighted by Gasteiger charge is 2.50. The van der Waals surface area contributed by atoms with Gasteiger partial charge in [-0.05, 0) is 6.42 Å². The fourth-order valence-electron chi connectivity index (χ4n) is 1.76. The third kappa shape index (κ3) is 0.920. The lowest BCUT2D eigenvalue weighted by Gasteiger charge is -2.12. The number of carbonyl (C=O) groups is 1. The Morgan fingerprint density at radius 1 is 1.58 bits per heavy atom. The van der Waals surface area contributed by atoms with Crippen LogP contribution in [0.2, 0.25) is 0 Å². The Bertz CT molecular complexity index is 275. The molecular weight excluding hydrogens is 232 g/mol. The van der Waals surface area contributed by atoms with E-state index in [1.807, 2.05) is 0 Å². The molecule has 0 radical (unpaired) electrons. The van der Waals surface area contributed by atoms with E-state index in [1.165, 1.54) is 0 Å². The lowest BCUT2D eigenvalue weighted by Crippen LogP contribution is -2.33. The number of hydrogen-bond donors (Lipinski definition) is 1. The number of hydrogen-bond acceptors (Lipinski definition) is 1. The number of piperidine rings is 1. The molecule has 1 amide bonds. The summed E-state index contributed by atoms with van der Waals surface area (Å²) >= 11 is 3.23. The number of amides is 1. The molecule has 3 unspecified atom stereocenters. The Balaban J connectivity index is 2.34. The highest BCUT2D eigenvalue weighted by molar-refractivity contribution is 9.09. The first-order chi connectivity index (χ1) is 5.61. The maximum absolute atomic E-state index is 12.2. The van der Waals surface area contributed by atoms with Crippen LogP contribution in [0.5, 0.6) is 0 Å². The predicted octanol–water partition coefficient (Wildman–Crippen LogP) is 1.42. The topological polar surface area (TPSA) is 29.1 Å². The van der Waals surface area contributed by atoms with Crippen LogP contribution in [-0.2, 0) is 4.79 Å². The van der Waals surface area contributed by atoms with Gasteiger partial charge in [-0.15, -0.1) is 0 Å². The zero-order valence-corrected chi connectivity index (χ0v) is 7.57. The summed E-state index contributed by atoms with van der Waals surface area (Å²) in [5, 5.41) is 2.51. The van der Waals surface area contributed by atoms with Crippen molar-refractivity contribution < 1.29 is 13.6 Å². The minimum absolute atomic E-state index is 0.0847. The van der Waals surface area contributed by atoms with E-state index in [9.17, 15) is 13.6 Å². The van der Waals surface area contributed by atoms with Gasteiger partial charge in [0.25, 0.3) is 6.08 Å². The second kappa shape index (κ2) is 2.52. The molecular formula is C7H6BrF2NO. The third-order valence-corrected chi connectivity index (χ3v) is 3.56. The quantitative estimate of drug-likeness (QED) is 0.635. The van der Waals surface area contributed by atoms with Crippen molar-refractivity contribution in [2.75, 3.05) is 0 Å². The number of carbonyl (C=O) groups excluding carboxylic acids is 1. The molecule has 1 aliphatic heterocycles. The van der Waals surface area contributed by atoms with Crippen LogP contribution in [0.1, 0.15) is 6.42 Å². The molecule has 2 nitrogen and oxygen atoms in total. The summed E-state index contributed by atoms with van der Waals surface area (Å²) < 4.78 is 24.4. The first-order valence-electron chi connectivity index (χ1n) is 3.59. The summed E-state index contributed by atoms with van der Waals surface area (Å²) in [5.74, 6) is -0.418. The van der Waals surface area contributed by atoms with Gasteiger partial charge in [-0.3, -0.25) is 4.79 Å².